The first-order valence-corrected chi connectivity index (χ1v) is 9.01. The number of ether oxygens (including phenoxy) is 2. The van der Waals surface area contributed by atoms with Crippen molar-refractivity contribution < 1.29 is 14.3 Å². The van der Waals surface area contributed by atoms with Gasteiger partial charge in [-0.05, 0) is 31.2 Å². The average Bonchev–Trinajstić information content (AvgIpc) is 2.67. The van der Waals surface area contributed by atoms with Gasteiger partial charge < -0.3 is 14.4 Å². The predicted octanol–water partition coefficient (Wildman–Crippen LogP) is 1.99. The zero-order chi connectivity index (χ0) is 16.8. The van der Waals surface area contributed by atoms with Crippen LogP contribution >= 0.6 is 0 Å². The Bertz CT molecular complexity index is 511. The maximum atomic E-state index is 13.1. The van der Waals surface area contributed by atoms with Crippen molar-refractivity contribution in [1.82, 2.24) is 10.2 Å². The van der Waals surface area contributed by atoms with Crippen LogP contribution in [0.1, 0.15) is 31.4 Å². The Balaban J connectivity index is 1.73. The van der Waals surface area contributed by atoms with E-state index in [0.717, 1.165) is 31.6 Å². The minimum absolute atomic E-state index is 0.156. The van der Waals surface area contributed by atoms with E-state index in [0.29, 0.717) is 32.2 Å². The third kappa shape index (κ3) is 4.35. The van der Waals surface area contributed by atoms with Crippen LogP contribution in [-0.4, -0.2) is 56.4 Å². The van der Waals surface area contributed by atoms with E-state index in [9.17, 15) is 4.79 Å². The fourth-order valence-electron chi connectivity index (χ4n) is 3.54. The van der Waals surface area contributed by atoms with Gasteiger partial charge in [0.25, 0.3) is 0 Å². The molecule has 0 bridgehead atoms. The molecule has 0 radical (unpaired) electrons. The van der Waals surface area contributed by atoms with Gasteiger partial charge in [0.05, 0.1) is 13.2 Å². The molecule has 132 valence electrons. The van der Waals surface area contributed by atoms with E-state index >= 15 is 0 Å². The van der Waals surface area contributed by atoms with Crippen molar-refractivity contribution >= 4 is 5.91 Å². The summed E-state index contributed by atoms with van der Waals surface area (Å²) >= 11 is 0. The summed E-state index contributed by atoms with van der Waals surface area (Å²) < 4.78 is 10.8. The van der Waals surface area contributed by atoms with Gasteiger partial charge in [-0.2, -0.15) is 0 Å². The summed E-state index contributed by atoms with van der Waals surface area (Å²) in [6.07, 6.45) is 2.11. The van der Waals surface area contributed by atoms with Crippen LogP contribution in [0.2, 0.25) is 0 Å². The van der Waals surface area contributed by atoms with E-state index in [1.165, 1.54) is 0 Å². The zero-order valence-electron chi connectivity index (χ0n) is 14.4. The summed E-state index contributed by atoms with van der Waals surface area (Å²) in [5, 5.41) is 3.61. The number of hydrogen-bond donors (Lipinski definition) is 1. The number of nitrogens with zero attached hydrogens (tertiary/aromatic N) is 1. The number of hydrogen-bond acceptors (Lipinski definition) is 4. The van der Waals surface area contributed by atoms with Gasteiger partial charge in [0.15, 0.2) is 0 Å². The highest BCUT2D eigenvalue weighted by Gasteiger charge is 2.30. The molecule has 2 aliphatic rings. The fraction of sp³-hybridized carbons (Fsp3) is 0.632. The minimum atomic E-state index is -0.290. The van der Waals surface area contributed by atoms with Crippen molar-refractivity contribution in [3.8, 4) is 0 Å². The molecule has 2 aliphatic heterocycles. The van der Waals surface area contributed by atoms with Crippen LogP contribution in [-0.2, 0) is 14.3 Å². The number of carbonyl (C=O) groups is 1. The monoisotopic (exact) mass is 332 g/mol. The molecule has 2 atom stereocenters. The molecule has 1 amide bonds. The summed E-state index contributed by atoms with van der Waals surface area (Å²) in [4.78, 5) is 15.0. The molecule has 0 spiro atoms. The molecule has 0 aliphatic carbocycles. The normalized spacial score (nSPS) is 22.1. The van der Waals surface area contributed by atoms with Crippen molar-refractivity contribution in [2.24, 2.45) is 5.92 Å². The molecule has 24 heavy (non-hydrogen) atoms. The summed E-state index contributed by atoms with van der Waals surface area (Å²) in [6, 6.07) is 10.0. The van der Waals surface area contributed by atoms with Crippen molar-refractivity contribution in [3.05, 3.63) is 35.9 Å². The van der Waals surface area contributed by atoms with Crippen molar-refractivity contribution in [2.75, 3.05) is 39.5 Å². The quantitative estimate of drug-likeness (QED) is 0.896. The Labute approximate surface area is 144 Å². The number of rotatable bonds is 5. The lowest BCUT2D eigenvalue weighted by Crippen LogP contribution is -2.49. The fourth-order valence-corrected chi connectivity index (χ4v) is 3.54. The lowest BCUT2D eigenvalue weighted by molar-refractivity contribution is -0.138. The Morgan fingerprint density at radius 2 is 1.71 bits per heavy atom. The standard InChI is InChI=1S/C19H28N2O3/c1-15(16-7-11-23-12-8-16)20-18(17-5-3-2-4-6-17)19(22)21-9-13-24-14-10-21/h2-6,15-16,18,20H,7-14H2,1H3/t15-,18+/m0/s1. The third-order valence-corrected chi connectivity index (χ3v) is 5.11. The molecule has 0 saturated carbocycles. The average molecular weight is 332 g/mol. The van der Waals surface area contributed by atoms with Gasteiger partial charge in [-0.3, -0.25) is 10.1 Å². The van der Waals surface area contributed by atoms with Gasteiger partial charge in [0.2, 0.25) is 5.91 Å². The number of nitrogens with one attached hydrogen (secondary N) is 1. The van der Waals surface area contributed by atoms with Gasteiger partial charge in [-0.1, -0.05) is 30.3 Å². The van der Waals surface area contributed by atoms with Crippen LogP contribution in [0, 0.1) is 5.92 Å². The van der Waals surface area contributed by atoms with E-state index in [2.05, 4.69) is 12.2 Å². The molecule has 1 aromatic carbocycles. The largest absolute Gasteiger partial charge is 0.381 e. The topological polar surface area (TPSA) is 50.8 Å². The third-order valence-electron chi connectivity index (χ3n) is 5.11. The molecule has 1 N–H and O–H groups in total. The lowest BCUT2D eigenvalue weighted by Gasteiger charge is -2.35. The van der Waals surface area contributed by atoms with Gasteiger partial charge in [0.1, 0.15) is 6.04 Å². The number of carbonyl (C=O) groups excluding carboxylic acids is 1. The lowest BCUT2D eigenvalue weighted by atomic mass is 9.91. The van der Waals surface area contributed by atoms with Gasteiger partial charge in [0, 0.05) is 32.3 Å². The van der Waals surface area contributed by atoms with Crippen LogP contribution in [0.4, 0.5) is 0 Å². The SMILES string of the molecule is C[C@H](N[C@@H](C(=O)N1CCOCC1)c1ccccc1)C1CCOCC1. The predicted molar refractivity (Wildman–Crippen MR) is 92.7 cm³/mol. The van der Waals surface area contributed by atoms with Gasteiger partial charge in [-0.25, -0.2) is 0 Å². The van der Waals surface area contributed by atoms with E-state index in [4.69, 9.17) is 9.47 Å². The first-order valence-electron chi connectivity index (χ1n) is 9.01. The highest BCUT2D eigenvalue weighted by Crippen LogP contribution is 2.23. The van der Waals surface area contributed by atoms with E-state index in [-0.39, 0.29) is 18.0 Å². The molecule has 1 aromatic rings. The Hall–Kier alpha value is -1.43. The van der Waals surface area contributed by atoms with E-state index in [1.54, 1.807) is 0 Å². The number of morpholine rings is 1. The second-order valence-corrected chi connectivity index (χ2v) is 6.69. The summed E-state index contributed by atoms with van der Waals surface area (Å²) in [5.74, 6) is 0.714. The van der Waals surface area contributed by atoms with Crippen molar-refractivity contribution in [1.29, 1.82) is 0 Å². The molecule has 0 unspecified atom stereocenters. The molecular weight excluding hydrogens is 304 g/mol. The Morgan fingerprint density at radius 1 is 1.08 bits per heavy atom. The van der Waals surface area contributed by atoms with Crippen LogP contribution in [0.25, 0.3) is 0 Å². The molecular formula is C19H28N2O3. The van der Waals surface area contributed by atoms with E-state index < -0.39 is 0 Å². The number of benzene rings is 1. The second-order valence-electron chi connectivity index (χ2n) is 6.69. The smallest absolute Gasteiger partial charge is 0.244 e. The molecule has 2 fully saturated rings. The van der Waals surface area contributed by atoms with Crippen LogP contribution < -0.4 is 5.32 Å². The molecule has 5 nitrogen and oxygen atoms in total. The van der Waals surface area contributed by atoms with Crippen molar-refractivity contribution in [2.45, 2.75) is 31.8 Å². The number of amides is 1. The van der Waals surface area contributed by atoms with Crippen LogP contribution in [0.15, 0.2) is 30.3 Å². The molecule has 2 heterocycles. The molecule has 3 rings (SSSR count). The Kier molecular flexibility index (Phi) is 6.24. The van der Waals surface area contributed by atoms with Gasteiger partial charge >= 0.3 is 0 Å². The zero-order valence-corrected chi connectivity index (χ0v) is 14.4. The first kappa shape index (κ1) is 17.4. The molecule has 5 heteroatoms. The van der Waals surface area contributed by atoms with Crippen molar-refractivity contribution in [3.63, 3.8) is 0 Å². The first-order chi connectivity index (χ1) is 11.8. The summed E-state index contributed by atoms with van der Waals surface area (Å²) in [6.45, 7) is 6.45. The maximum Gasteiger partial charge on any atom is 0.244 e. The highest BCUT2D eigenvalue weighted by molar-refractivity contribution is 5.83. The maximum absolute atomic E-state index is 13.1. The second kappa shape index (κ2) is 8.60. The van der Waals surface area contributed by atoms with Crippen LogP contribution in [0.3, 0.4) is 0 Å². The van der Waals surface area contributed by atoms with Gasteiger partial charge in [-0.15, -0.1) is 0 Å². The highest BCUT2D eigenvalue weighted by atomic mass is 16.5. The van der Waals surface area contributed by atoms with Crippen LogP contribution in [0.5, 0.6) is 0 Å². The summed E-state index contributed by atoms with van der Waals surface area (Å²) in [5.41, 5.74) is 1.04. The minimum Gasteiger partial charge on any atom is -0.381 e. The van der Waals surface area contributed by atoms with E-state index in [1.807, 2.05) is 35.2 Å². The molecule has 2 saturated heterocycles. The summed E-state index contributed by atoms with van der Waals surface area (Å²) in [7, 11) is 0. The molecule has 0 aromatic heterocycles. The Morgan fingerprint density at radius 3 is 2.38 bits per heavy atom.